The number of ether oxygens (including phenoxy) is 2. The van der Waals surface area contributed by atoms with Gasteiger partial charge in [-0.3, -0.25) is 33.5 Å². The lowest BCUT2D eigenvalue weighted by molar-refractivity contribution is -0.142. The molecule has 2 fully saturated rings. The number of nitrogens with one attached hydrogen (secondary N) is 3. The van der Waals surface area contributed by atoms with E-state index in [2.05, 4.69) is 62.0 Å². The van der Waals surface area contributed by atoms with Crippen molar-refractivity contribution in [1.82, 2.24) is 40.6 Å². The van der Waals surface area contributed by atoms with Gasteiger partial charge in [0.1, 0.15) is 46.9 Å². The number of nitrogens with zero attached hydrogens (tertiary/aromatic N) is 7. The number of amides is 4. The lowest BCUT2D eigenvalue weighted by Gasteiger charge is -2.35. The van der Waals surface area contributed by atoms with E-state index in [1.54, 1.807) is 46.9 Å². The zero-order valence-electron chi connectivity index (χ0n) is 46.3. The number of furan rings is 1. The molecule has 3 aliphatic rings. The Kier molecular flexibility index (Phi) is 15.8. The Hall–Kier alpha value is -7.75. The van der Waals surface area contributed by atoms with Gasteiger partial charge in [0.05, 0.1) is 59.9 Å². The Balaban J connectivity index is 0.717. The van der Waals surface area contributed by atoms with Crippen LogP contribution in [0.3, 0.4) is 0 Å². The molecule has 418 valence electrons. The lowest BCUT2D eigenvalue weighted by atomic mass is 9.85. The summed E-state index contributed by atoms with van der Waals surface area (Å²) in [5.74, 6) is -0.356. The van der Waals surface area contributed by atoms with Crippen LogP contribution in [0.25, 0.3) is 26.4 Å². The number of thiazole rings is 1. The minimum absolute atomic E-state index is 0.0159. The highest BCUT2D eigenvalue weighted by molar-refractivity contribution is 7.15. The number of β-amino-alcohol motifs (C(OH)–C–C–N with tert-alkyl or cyclic N) is 1. The summed E-state index contributed by atoms with van der Waals surface area (Å²) in [5, 5.41) is 30.1. The number of hydrogen-bond acceptors (Lipinski definition) is 16. The number of carbonyl (C=O) groups excluding carboxylic acids is 5. The van der Waals surface area contributed by atoms with Crippen molar-refractivity contribution in [3.63, 3.8) is 0 Å². The number of hydrogen-bond donors (Lipinski definition) is 4. The summed E-state index contributed by atoms with van der Waals surface area (Å²) in [7, 11) is 1.37. The van der Waals surface area contributed by atoms with Gasteiger partial charge >= 0.3 is 5.97 Å². The molecule has 7 aromatic rings. The maximum atomic E-state index is 14.4. The molecule has 0 bridgehead atoms. The number of fused-ring (bicyclic) bond motifs is 4. The number of methoxy groups -OCH3 is 1. The molecule has 0 spiro atoms. The summed E-state index contributed by atoms with van der Waals surface area (Å²) in [4.78, 5) is 83.4. The average molecular weight is 1120 g/mol. The first kappa shape index (κ1) is 55.6. The summed E-state index contributed by atoms with van der Waals surface area (Å²) >= 11 is 3.22. The number of thiophene rings is 1. The number of aliphatic hydroxyl groups excluding tert-OH is 1. The fourth-order valence-electron chi connectivity index (χ4n) is 10.7. The fraction of sp³-hybridized carbons (Fsp3) is 0.407. The number of benzene rings is 3. The number of aryl methyl sites for hydroxylation is 3. The molecule has 3 aliphatic heterocycles. The first-order valence-electron chi connectivity index (χ1n) is 26.8. The van der Waals surface area contributed by atoms with Crippen LogP contribution in [0.2, 0.25) is 0 Å². The van der Waals surface area contributed by atoms with E-state index in [1.807, 2.05) is 88.0 Å². The summed E-state index contributed by atoms with van der Waals surface area (Å²) in [6.07, 6.45) is -0.152. The molecule has 0 saturated carbocycles. The standard InChI is InChI=1S/C59H66N10O9S2/c1-31-34(4)80-58-49(31)50(63-44(27-48(71)76-9)53-66-65-35(5)69(53)58)37-14-16-41(17-15-37)67-22-20-39(28-67)54(72)60-21-23-77-43-18-19-46-40(24-43)25-47(78-46)56(74)64-52(59(6,7)8)57(75)68-29-42(70)26-45(68)55(73)62-32(2)36-10-12-38(13-11-36)51-33(3)61-30-79-51/h10-19,24-25,30,32,39,42,44-45,52,70H,20-23,26-29H2,1-9H3,(H,60,72)(H,62,73)(H,64,74)/t32-,39?,42+,44-,45-,52+/m0/s1. The van der Waals surface area contributed by atoms with Crippen LogP contribution in [-0.4, -0.2) is 123 Å². The maximum Gasteiger partial charge on any atom is 0.308 e. The molecule has 21 heteroatoms. The fourth-order valence-corrected chi connectivity index (χ4v) is 12.8. The first-order valence-corrected chi connectivity index (χ1v) is 28.5. The van der Waals surface area contributed by atoms with E-state index in [9.17, 15) is 29.1 Å². The molecular weight excluding hydrogens is 1060 g/mol. The van der Waals surface area contributed by atoms with Gasteiger partial charge in [-0.1, -0.05) is 57.2 Å². The van der Waals surface area contributed by atoms with Crippen molar-refractivity contribution in [3.8, 4) is 21.2 Å². The molecule has 2 saturated heterocycles. The number of aliphatic imine (C=N–C) groups is 1. The van der Waals surface area contributed by atoms with Gasteiger partial charge in [0.15, 0.2) is 11.6 Å². The highest BCUT2D eigenvalue weighted by atomic mass is 32.1. The van der Waals surface area contributed by atoms with Gasteiger partial charge in [-0.2, -0.15) is 0 Å². The third-order valence-corrected chi connectivity index (χ3v) is 17.5. The van der Waals surface area contributed by atoms with E-state index in [0.29, 0.717) is 47.9 Å². The third-order valence-electron chi connectivity index (χ3n) is 15.3. The van der Waals surface area contributed by atoms with Crippen LogP contribution in [0, 0.1) is 39.0 Å². The Bertz CT molecular complexity index is 3520. The molecule has 1 unspecified atom stereocenters. The molecule has 4 aromatic heterocycles. The van der Waals surface area contributed by atoms with Gasteiger partial charge in [0.25, 0.3) is 5.91 Å². The zero-order valence-corrected chi connectivity index (χ0v) is 47.9. The number of rotatable bonds is 16. The maximum absolute atomic E-state index is 14.4. The number of carbonyl (C=O) groups is 5. The van der Waals surface area contributed by atoms with E-state index < -0.39 is 47.4 Å². The number of aliphatic hydroxyl groups is 1. The van der Waals surface area contributed by atoms with Crippen LogP contribution >= 0.6 is 22.7 Å². The molecule has 0 radical (unpaired) electrons. The summed E-state index contributed by atoms with van der Waals surface area (Å²) in [6, 6.07) is 19.8. The molecule has 7 heterocycles. The molecule has 19 nitrogen and oxygen atoms in total. The van der Waals surface area contributed by atoms with Crippen LogP contribution in [-0.2, 0) is 23.9 Å². The second-order valence-electron chi connectivity index (χ2n) is 21.9. The molecule has 4 N–H and O–H groups in total. The van der Waals surface area contributed by atoms with Crippen molar-refractivity contribution < 1.29 is 43.0 Å². The third kappa shape index (κ3) is 11.4. The van der Waals surface area contributed by atoms with Gasteiger partial charge in [0, 0.05) is 53.1 Å². The van der Waals surface area contributed by atoms with Crippen molar-refractivity contribution in [2.24, 2.45) is 16.3 Å². The highest BCUT2D eigenvalue weighted by Gasteiger charge is 2.45. The first-order chi connectivity index (χ1) is 38.3. The number of anilines is 1. The predicted molar refractivity (Wildman–Crippen MR) is 306 cm³/mol. The molecule has 4 amide bonds. The van der Waals surface area contributed by atoms with Gasteiger partial charge in [0.2, 0.25) is 17.7 Å². The second-order valence-corrected chi connectivity index (χ2v) is 24.0. The smallest absolute Gasteiger partial charge is 0.308 e. The minimum atomic E-state index is -1.07. The van der Waals surface area contributed by atoms with Gasteiger partial charge in [-0.25, -0.2) is 4.98 Å². The van der Waals surface area contributed by atoms with Crippen LogP contribution in [0.1, 0.15) is 114 Å². The van der Waals surface area contributed by atoms with Crippen molar-refractivity contribution in [1.29, 1.82) is 0 Å². The quantitative estimate of drug-likeness (QED) is 0.0533. The van der Waals surface area contributed by atoms with E-state index in [1.165, 1.54) is 12.0 Å². The predicted octanol–water partition coefficient (Wildman–Crippen LogP) is 7.89. The average Bonchev–Trinajstić information content (AvgIpc) is 4.33. The normalized spacial score (nSPS) is 18.7. The highest BCUT2D eigenvalue weighted by Crippen LogP contribution is 2.40. The number of likely N-dealkylation sites (tertiary alicyclic amines) is 1. The minimum Gasteiger partial charge on any atom is -0.492 e. The van der Waals surface area contributed by atoms with Gasteiger partial charge < -0.3 is 44.7 Å². The van der Waals surface area contributed by atoms with Crippen molar-refractivity contribution >= 4 is 74.6 Å². The van der Waals surface area contributed by atoms with Gasteiger partial charge in [-0.15, -0.1) is 32.9 Å². The molecular formula is C59H66N10O9S2. The Morgan fingerprint density at radius 3 is 2.38 bits per heavy atom. The zero-order chi connectivity index (χ0) is 56.7. The molecule has 3 aromatic carbocycles. The summed E-state index contributed by atoms with van der Waals surface area (Å²) in [6.45, 7) is 17.1. The van der Waals surface area contributed by atoms with Crippen molar-refractivity contribution in [2.75, 3.05) is 44.8 Å². The van der Waals surface area contributed by atoms with E-state index in [-0.39, 0.29) is 62.1 Å². The Morgan fingerprint density at radius 2 is 1.66 bits per heavy atom. The van der Waals surface area contributed by atoms with E-state index in [0.717, 1.165) is 59.7 Å². The van der Waals surface area contributed by atoms with E-state index >= 15 is 0 Å². The topological polar surface area (TPSA) is 236 Å². The van der Waals surface area contributed by atoms with Crippen LogP contribution in [0.5, 0.6) is 5.75 Å². The van der Waals surface area contributed by atoms with Crippen LogP contribution in [0.15, 0.2) is 87.7 Å². The van der Waals surface area contributed by atoms with Crippen LogP contribution < -0.4 is 25.6 Å². The molecule has 0 aliphatic carbocycles. The van der Waals surface area contributed by atoms with Gasteiger partial charge in [-0.05, 0) is 99.5 Å². The number of esters is 1. The monoisotopic (exact) mass is 1120 g/mol. The largest absolute Gasteiger partial charge is 0.492 e. The molecule has 6 atom stereocenters. The molecule has 80 heavy (non-hydrogen) atoms. The van der Waals surface area contributed by atoms with Crippen molar-refractivity contribution in [3.05, 3.63) is 129 Å². The Morgan fingerprint density at radius 1 is 0.912 bits per heavy atom. The summed E-state index contributed by atoms with van der Waals surface area (Å²) < 4.78 is 19.0. The Labute approximate surface area is 471 Å². The lowest BCUT2D eigenvalue weighted by Crippen LogP contribution is -2.57. The second kappa shape index (κ2) is 22.8. The molecule has 10 rings (SSSR count). The SMILES string of the molecule is COC(=O)C[C@@H]1N=C(c2ccc(N3CCC(C(=O)NCCOc4ccc5oc(C(=O)N[C@H](C(=O)N6C[C@H](O)C[C@H]6C(=O)N[C@@H](C)c6ccc(-c7scnc7C)cc6)C(C)(C)C)cc5c4)C3)cc2)c2c(sc(C)c2C)-n2c(C)nnc21. The van der Waals surface area contributed by atoms with E-state index in [4.69, 9.17) is 18.9 Å². The van der Waals surface area contributed by atoms with Crippen molar-refractivity contribution in [2.45, 2.75) is 105 Å². The number of aromatic nitrogens is 4. The van der Waals surface area contributed by atoms with Crippen LogP contribution in [0.4, 0.5) is 5.69 Å². The summed E-state index contributed by atoms with van der Waals surface area (Å²) in [5.41, 5.74) is 9.08.